The van der Waals surface area contributed by atoms with Gasteiger partial charge in [0.1, 0.15) is 12.3 Å². The molecule has 0 aromatic heterocycles. The summed E-state index contributed by atoms with van der Waals surface area (Å²) in [4.78, 5) is 32.3. The van der Waals surface area contributed by atoms with E-state index in [4.69, 9.17) is 5.73 Å². The number of carbonyl (C=O) groups is 2. The minimum atomic E-state index is -1.15. The van der Waals surface area contributed by atoms with Gasteiger partial charge in [-0.15, -0.1) is 0 Å². The summed E-state index contributed by atoms with van der Waals surface area (Å²) in [6.07, 6.45) is -0.966. The zero-order chi connectivity index (χ0) is 26.7. The number of hydrazine groups is 1. The van der Waals surface area contributed by atoms with Gasteiger partial charge in [-0.1, -0.05) is 0 Å². The van der Waals surface area contributed by atoms with Gasteiger partial charge in [-0.05, 0) is 53.0 Å². The molecule has 212 valence electrons. The molecule has 11 nitrogen and oxygen atoms in total. The Bertz CT molecular complexity index is 785. The van der Waals surface area contributed by atoms with E-state index in [-0.39, 0.29) is 37.4 Å². The molecule has 4 rings (SSSR count). The lowest BCUT2D eigenvalue weighted by atomic mass is 9.90. The third kappa shape index (κ3) is 6.75. The molecule has 0 saturated carbocycles. The van der Waals surface area contributed by atoms with Crippen LogP contribution in [0, 0.1) is 11.8 Å². The van der Waals surface area contributed by atoms with E-state index < -0.39 is 42.7 Å². The van der Waals surface area contributed by atoms with Crippen LogP contribution in [0.5, 0.6) is 0 Å². The Hall–Kier alpha value is -1.48. The lowest BCUT2D eigenvalue weighted by Gasteiger charge is -2.45. The highest BCUT2D eigenvalue weighted by molar-refractivity contribution is 5.81. The highest BCUT2D eigenvalue weighted by atomic mass is 19.1. The molecule has 4 saturated heterocycles. The Morgan fingerprint density at radius 2 is 1.81 bits per heavy atom. The van der Waals surface area contributed by atoms with Gasteiger partial charge in [0.2, 0.25) is 11.8 Å². The van der Waals surface area contributed by atoms with Gasteiger partial charge >= 0.3 is 0 Å². The number of carbonyl (C=O) groups excluding carboxylic acids is 2. The fraction of sp³-hybridized carbons (Fsp3) is 0.917. The van der Waals surface area contributed by atoms with Crippen LogP contribution in [0.25, 0.3) is 0 Å². The maximum atomic E-state index is 15.3. The quantitative estimate of drug-likeness (QED) is 0.241. The monoisotopic (exact) mass is 529 g/mol. The molecular weight excluding hydrogens is 484 g/mol. The third-order valence-corrected chi connectivity index (χ3v) is 8.21. The van der Waals surface area contributed by atoms with Crippen LogP contribution in [-0.4, -0.2) is 142 Å². The zero-order valence-electron chi connectivity index (χ0n) is 22.3. The van der Waals surface area contributed by atoms with E-state index >= 15 is 4.39 Å². The van der Waals surface area contributed by atoms with Crippen LogP contribution in [-0.2, 0) is 9.59 Å². The number of likely N-dealkylation sites (tertiary alicyclic amines) is 1. The molecule has 7 atom stereocenters. The lowest BCUT2D eigenvalue weighted by molar-refractivity contribution is -0.136. The van der Waals surface area contributed by atoms with Crippen molar-refractivity contribution in [3.05, 3.63) is 0 Å². The van der Waals surface area contributed by atoms with Gasteiger partial charge in [0, 0.05) is 45.7 Å². The summed E-state index contributed by atoms with van der Waals surface area (Å²) in [6, 6.07) is -0.911. The number of fused-ring (bicyclic) bond motifs is 1. The summed E-state index contributed by atoms with van der Waals surface area (Å²) >= 11 is 0. The molecule has 4 heterocycles. The van der Waals surface area contributed by atoms with Gasteiger partial charge in [0.25, 0.3) is 0 Å². The summed E-state index contributed by atoms with van der Waals surface area (Å²) in [7, 11) is 5.90. The fourth-order valence-corrected chi connectivity index (χ4v) is 6.24. The molecule has 37 heavy (non-hydrogen) atoms. The zero-order valence-corrected chi connectivity index (χ0v) is 22.3. The first-order valence-electron chi connectivity index (χ1n) is 13.6. The molecule has 6 N–H and O–H groups in total. The van der Waals surface area contributed by atoms with Crippen molar-refractivity contribution in [2.24, 2.45) is 17.6 Å². The van der Waals surface area contributed by atoms with E-state index in [0.717, 1.165) is 19.5 Å². The van der Waals surface area contributed by atoms with Crippen molar-refractivity contribution in [2.75, 3.05) is 73.5 Å². The molecule has 0 aromatic rings. The summed E-state index contributed by atoms with van der Waals surface area (Å²) in [6.45, 7) is 3.89. The van der Waals surface area contributed by atoms with Crippen LogP contribution in [0.2, 0.25) is 0 Å². The maximum absolute atomic E-state index is 15.3. The normalized spacial score (nSPS) is 35.9. The molecule has 7 unspecified atom stereocenters. The smallest absolute Gasteiger partial charge is 0.229 e. The van der Waals surface area contributed by atoms with Gasteiger partial charge in [-0.3, -0.25) is 19.8 Å². The van der Waals surface area contributed by atoms with E-state index in [9.17, 15) is 14.0 Å². The fourth-order valence-electron chi connectivity index (χ4n) is 6.24. The molecule has 2 amide bonds. The lowest BCUT2D eigenvalue weighted by Crippen LogP contribution is -2.67. The number of piperidine rings is 2. The number of hydrogen-bond donors (Lipinski definition) is 5. The first-order valence-corrected chi connectivity index (χ1v) is 13.6. The van der Waals surface area contributed by atoms with Crippen molar-refractivity contribution in [1.82, 2.24) is 41.1 Å². The van der Waals surface area contributed by atoms with Crippen molar-refractivity contribution >= 4 is 11.8 Å². The van der Waals surface area contributed by atoms with Gasteiger partial charge < -0.3 is 26.2 Å². The summed E-state index contributed by atoms with van der Waals surface area (Å²) < 4.78 is 29.0. The third-order valence-electron chi connectivity index (χ3n) is 8.21. The second kappa shape index (κ2) is 12.6. The standard InChI is InChI=1S/C24H45F2N9O2/c1-32(2)7-4-8-33(3)24(37)15-5-9-34(10-6-15)20-17(26)12-28-13-18(20)30-23(36)19-21(27)31-35-14-16(25)11-29-22(19)35/h15-22,28-29,31H,4-14,27H2,1-3H3,(H,30,36). The highest BCUT2D eigenvalue weighted by Gasteiger charge is 2.48. The molecule has 13 heteroatoms. The number of nitrogens with zero attached hydrogens (tertiary/aromatic N) is 4. The average Bonchev–Trinajstić information content (AvgIpc) is 3.18. The molecule has 0 aliphatic carbocycles. The molecule has 4 aliphatic rings. The number of amides is 2. The predicted molar refractivity (Wildman–Crippen MR) is 137 cm³/mol. The second-order valence-electron chi connectivity index (χ2n) is 11.3. The van der Waals surface area contributed by atoms with Gasteiger partial charge in [-0.2, -0.15) is 0 Å². The topological polar surface area (TPSA) is 121 Å². The minimum Gasteiger partial charge on any atom is -0.350 e. The Morgan fingerprint density at radius 1 is 1.08 bits per heavy atom. The number of halogens is 2. The van der Waals surface area contributed by atoms with Crippen LogP contribution >= 0.6 is 0 Å². The molecular formula is C24H45F2N9O2. The van der Waals surface area contributed by atoms with E-state index in [1.807, 2.05) is 26.0 Å². The maximum Gasteiger partial charge on any atom is 0.229 e. The number of hydrogen-bond acceptors (Lipinski definition) is 9. The van der Waals surface area contributed by atoms with Crippen molar-refractivity contribution < 1.29 is 18.4 Å². The van der Waals surface area contributed by atoms with Gasteiger partial charge in [0.15, 0.2) is 0 Å². The Kier molecular flexibility index (Phi) is 9.70. The Balaban J connectivity index is 1.32. The molecule has 0 radical (unpaired) electrons. The number of alkyl halides is 2. The summed E-state index contributed by atoms with van der Waals surface area (Å²) in [5.74, 6) is -0.793. The average molecular weight is 530 g/mol. The molecule has 0 spiro atoms. The summed E-state index contributed by atoms with van der Waals surface area (Å²) in [5, 5.41) is 10.9. The number of nitrogens with one attached hydrogen (secondary N) is 4. The van der Waals surface area contributed by atoms with Gasteiger partial charge in [0.05, 0.1) is 30.3 Å². The van der Waals surface area contributed by atoms with E-state index in [1.165, 1.54) is 0 Å². The molecule has 4 fully saturated rings. The Labute approximate surface area is 218 Å². The van der Waals surface area contributed by atoms with E-state index in [1.54, 1.807) is 5.01 Å². The SMILES string of the molecule is CN(C)CCCN(C)C(=O)C1CCN(C2C(F)CNCC2NC(=O)C2C(N)NN3CC(F)CNC23)CC1. The number of nitrogens with two attached hydrogens (primary N) is 1. The van der Waals surface area contributed by atoms with Crippen molar-refractivity contribution in [3.63, 3.8) is 0 Å². The highest BCUT2D eigenvalue weighted by Crippen LogP contribution is 2.27. The Morgan fingerprint density at radius 3 is 2.51 bits per heavy atom. The van der Waals surface area contributed by atoms with Gasteiger partial charge in [-0.25, -0.2) is 19.2 Å². The molecule has 0 bridgehead atoms. The summed E-state index contributed by atoms with van der Waals surface area (Å²) in [5.41, 5.74) is 9.18. The van der Waals surface area contributed by atoms with Crippen LogP contribution in [0.15, 0.2) is 0 Å². The van der Waals surface area contributed by atoms with Crippen LogP contribution < -0.4 is 27.1 Å². The van der Waals surface area contributed by atoms with Crippen LogP contribution in [0.1, 0.15) is 19.3 Å². The van der Waals surface area contributed by atoms with Crippen molar-refractivity contribution in [2.45, 2.75) is 56.0 Å². The molecule has 0 aromatic carbocycles. The first kappa shape index (κ1) is 28.5. The first-order chi connectivity index (χ1) is 17.7. The van der Waals surface area contributed by atoms with E-state index in [2.05, 4.69) is 31.2 Å². The van der Waals surface area contributed by atoms with Crippen molar-refractivity contribution in [1.29, 1.82) is 0 Å². The van der Waals surface area contributed by atoms with Crippen molar-refractivity contribution in [3.8, 4) is 0 Å². The largest absolute Gasteiger partial charge is 0.350 e. The number of rotatable bonds is 8. The van der Waals surface area contributed by atoms with E-state index in [0.29, 0.717) is 32.5 Å². The molecule has 4 aliphatic heterocycles. The second-order valence-corrected chi connectivity index (χ2v) is 11.3. The van der Waals surface area contributed by atoms with Crippen LogP contribution in [0.3, 0.4) is 0 Å². The van der Waals surface area contributed by atoms with Crippen LogP contribution in [0.4, 0.5) is 8.78 Å². The predicted octanol–water partition coefficient (Wildman–Crippen LogP) is -2.11. The minimum absolute atomic E-state index is 0.0568.